The van der Waals surface area contributed by atoms with Gasteiger partial charge >= 0.3 is 0 Å². The van der Waals surface area contributed by atoms with Crippen LogP contribution in [0.25, 0.3) is 15.9 Å². The summed E-state index contributed by atoms with van der Waals surface area (Å²) in [6, 6.07) is 14.6. The van der Waals surface area contributed by atoms with E-state index in [0.29, 0.717) is 10.9 Å². The SMILES string of the molecule is Cc1ccc(-n2c(SCc3ccc(C(=O)[O-])cc3)nc3sc4c(c3c2=O)CCCC4)cc1. The molecule has 32 heavy (non-hydrogen) atoms. The van der Waals surface area contributed by atoms with Crippen LogP contribution in [0.5, 0.6) is 0 Å². The van der Waals surface area contributed by atoms with E-state index in [2.05, 4.69) is 0 Å². The van der Waals surface area contributed by atoms with Crippen LogP contribution in [0.15, 0.2) is 58.5 Å². The van der Waals surface area contributed by atoms with Crippen LogP contribution in [0.3, 0.4) is 0 Å². The van der Waals surface area contributed by atoms with Crippen molar-refractivity contribution in [2.75, 3.05) is 0 Å². The van der Waals surface area contributed by atoms with E-state index in [1.807, 2.05) is 31.2 Å². The molecule has 1 aliphatic rings. The predicted octanol–water partition coefficient (Wildman–Crippen LogP) is 4.29. The van der Waals surface area contributed by atoms with Crippen molar-refractivity contribution in [3.8, 4) is 5.69 Å². The largest absolute Gasteiger partial charge is 0.545 e. The van der Waals surface area contributed by atoms with Crippen LogP contribution in [-0.4, -0.2) is 15.5 Å². The van der Waals surface area contributed by atoms with Crippen molar-refractivity contribution in [3.05, 3.63) is 86.0 Å². The summed E-state index contributed by atoms with van der Waals surface area (Å²) >= 11 is 3.14. The Labute approximate surface area is 193 Å². The Hall–Kier alpha value is -2.90. The number of carboxylic acids is 1. The number of aromatic carboxylic acids is 1. The molecule has 5 nitrogen and oxygen atoms in total. The van der Waals surface area contributed by atoms with Crippen LogP contribution < -0.4 is 10.7 Å². The molecule has 0 aliphatic heterocycles. The summed E-state index contributed by atoms with van der Waals surface area (Å²) in [5.41, 5.74) is 4.22. The molecule has 4 aromatic rings. The zero-order valence-corrected chi connectivity index (χ0v) is 19.2. The van der Waals surface area contributed by atoms with Crippen molar-refractivity contribution in [2.45, 2.75) is 43.5 Å². The van der Waals surface area contributed by atoms with Gasteiger partial charge < -0.3 is 9.90 Å². The molecule has 0 N–H and O–H groups in total. The minimum atomic E-state index is -1.19. The second-order valence-corrected chi connectivity index (χ2v) is 10.1. The number of carbonyl (C=O) groups is 1. The van der Waals surface area contributed by atoms with Crippen molar-refractivity contribution in [1.29, 1.82) is 0 Å². The van der Waals surface area contributed by atoms with Gasteiger partial charge in [-0.1, -0.05) is 53.7 Å². The summed E-state index contributed by atoms with van der Waals surface area (Å²) in [7, 11) is 0. The molecule has 0 radical (unpaired) electrons. The maximum atomic E-state index is 13.7. The van der Waals surface area contributed by atoms with Gasteiger partial charge in [0.25, 0.3) is 5.56 Å². The number of fused-ring (bicyclic) bond motifs is 3. The van der Waals surface area contributed by atoms with Gasteiger partial charge in [-0.25, -0.2) is 4.98 Å². The standard InChI is InChI=1S/C25H22N2O3S2/c1-15-6-12-18(13-7-15)27-23(28)21-19-4-2-3-5-20(19)32-22(21)26-25(27)31-14-16-8-10-17(11-9-16)24(29)30/h6-13H,2-5,14H2,1H3,(H,29,30)/p-1. The molecule has 5 rings (SSSR count). The first kappa shape index (κ1) is 21.0. The number of hydrogen-bond donors (Lipinski definition) is 0. The highest BCUT2D eigenvalue weighted by Crippen LogP contribution is 2.35. The summed E-state index contributed by atoms with van der Waals surface area (Å²) in [6.07, 6.45) is 4.24. The van der Waals surface area contributed by atoms with Gasteiger partial charge in [-0.2, -0.15) is 0 Å². The van der Waals surface area contributed by atoms with Crippen LogP contribution >= 0.6 is 23.1 Å². The van der Waals surface area contributed by atoms with Crippen molar-refractivity contribution in [3.63, 3.8) is 0 Å². The Bertz CT molecular complexity index is 1370. The molecule has 0 unspecified atom stereocenters. The van der Waals surface area contributed by atoms with E-state index in [0.717, 1.165) is 52.7 Å². The fourth-order valence-electron chi connectivity index (χ4n) is 4.09. The van der Waals surface area contributed by atoms with E-state index in [9.17, 15) is 14.7 Å². The fourth-order valence-corrected chi connectivity index (χ4v) is 6.36. The Balaban J connectivity index is 1.60. The Morgan fingerprint density at radius 1 is 1.09 bits per heavy atom. The summed E-state index contributed by atoms with van der Waals surface area (Å²) in [6.45, 7) is 2.02. The predicted molar refractivity (Wildman–Crippen MR) is 127 cm³/mol. The molecule has 0 spiro atoms. The number of hydrogen-bond acceptors (Lipinski definition) is 6. The topological polar surface area (TPSA) is 75.0 Å². The number of thiophene rings is 1. The summed E-state index contributed by atoms with van der Waals surface area (Å²) < 4.78 is 1.73. The zero-order chi connectivity index (χ0) is 22.2. The summed E-state index contributed by atoms with van der Waals surface area (Å²) in [4.78, 5) is 31.8. The van der Waals surface area contributed by atoms with E-state index in [1.165, 1.54) is 22.2 Å². The highest BCUT2D eigenvalue weighted by atomic mass is 32.2. The molecule has 162 valence electrons. The highest BCUT2D eigenvalue weighted by molar-refractivity contribution is 7.98. The lowest BCUT2D eigenvalue weighted by atomic mass is 9.97. The molecule has 0 amide bonds. The molecule has 2 heterocycles. The maximum Gasteiger partial charge on any atom is 0.267 e. The quantitative estimate of drug-likeness (QED) is 0.327. The second kappa shape index (κ2) is 8.56. The summed E-state index contributed by atoms with van der Waals surface area (Å²) in [5, 5.41) is 12.4. The Morgan fingerprint density at radius 2 is 1.81 bits per heavy atom. The third-order valence-corrected chi connectivity index (χ3v) is 8.00. The average Bonchev–Trinajstić information content (AvgIpc) is 3.17. The lowest BCUT2D eigenvalue weighted by Gasteiger charge is -2.14. The van der Waals surface area contributed by atoms with Gasteiger partial charge in [0.05, 0.1) is 17.0 Å². The van der Waals surface area contributed by atoms with Crippen LogP contribution in [0.4, 0.5) is 0 Å². The first-order chi connectivity index (χ1) is 15.5. The molecule has 0 atom stereocenters. The van der Waals surface area contributed by atoms with Gasteiger partial charge in [0.15, 0.2) is 5.16 Å². The van der Waals surface area contributed by atoms with Crippen LogP contribution in [0.1, 0.15) is 44.8 Å². The van der Waals surface area contributed by atoms with Crippen LogP contribution in [0.2, 0.25) is 0 Å². The first-order valence-electron chi connectivity index (χ1n) is 10.6. The lowest BCUT2D eigenvalue weighted by Crippen LogP contribution is -2.22. The number of aromatic nitrogens is 2. The first-order valence-corrected chi connectivity index (χ1v) is 12.4. The second-order valence-electron chi connectivity index (χ2n) is 8.03. The Morgan fingerprint density at radius 3 is 2.53 bits per heavy atom. The molecule has 2 aromatic carbocycles. The number of benzene rings is 2. The van der Waals surface area contributed by atoms with Gasteiger partial charge in [0.1, 0.15) is 4.83 Å². The molecule has 0 bridgehead atoms. The van der Waals surface area contributed by atoms with Gasteiger partial charge in [-0.05, 0) is 61.4 Å². The van der Waals surface area contributed by atoms with Crippen molar-refractivity contribution >= 4 is 39.3 Å². The molecular formula is C25H21N2O3S2-. The minimum Gasteiger partial charge on any atom is -0.545 e. The van der Waals surface area contributed by atoms with Gasteiger partial charge in [-0.15, -0.1) is 11.3 Å². The average molecular weight is 462 g/mol. The zero-order valence-electron chi connectivity index (χ0n) is 17.6. The summed E-state index contributed by atoms with van der Waals surface area (Å²) in [5.74, 6) is -0.617. The number of aryl methyl sites for hydroxylation is 3. The third kappa shape index (κ3) is 3.87. The van der Waals surface area contributed by atoms with E-state index < -0.39 is 5.97 Å². The van der Waals surface area contributed by atoms with Crippen LogP contribution in [0, 0.1) is 6.92 Å². The molecule has 1 aliphatic carbocycles. The van der Waals surface area contributed by atoms with E-state index in [4.69, 9.17) is 4.98 Å². The van der Waals surface area contributed by atoms with Crippen LogP contribution in [-0.2, 0) is 18.6 Å². The smallest absolute Gasteiger partial charge is 0.267 e. The minimum absolute atomic E-state index is 0.00643. The molecule has 0 fully saturated rings. The molecular weight excluding hydrogens is 440 g/mol. The fraction of sp³-hybridized carbons (Fsp3) is 0.240. The van der Waals surface area contributed by atoms with Gasteiger partial charge in [-0.3, -0.25) is 9.36 Å². The monoisotopic (exact) mass is 461 g/mol. The third-order valence-electron chi connectivity index (χ3n) is 5.81. The van der Waals surface area contributed by atoms with Crippen molar-refractivity contribution in [2.24, 2.45) is 0 Å². The van der Waals surface area contributed by atoms with Gasteiger partial charge in [0, 0.05) is 10.6 Å². The molecule has 0 saturated carbocycles. The highest BCUT2D eigenvalue weighted by Gasteiger charge is 2.23. The number of carboxylic acid groups (broad SMARTS) is 1. The van der Waals surface area contributed by atoms with E-state index in [1.54, 1.807) is 40.2 Å². The number of carbonyl (C=O) groups excluding carboxylic acids is 1. The number of rotatable bonds is 5. The molecule has 2 aromatic heterocycles. The maximum absolute atomic E-state index is 13.7. The van der Waals surface area contributed by atoms with E-state index in [-0.39, 0.29) is 11.1 Å². The Kier molecular flexibility index (Phi) is 5.61. The molecule has 7 heteroatoms. The van der Waals surface area contributed by atoms with Gasteiger partial charge in [0.2, 0.25) is 0 Å². The van der Waals surface area contributed by atoms with Crippen molar-refractivity contribution < 1.29 is 9.90 Å². The van der Waals surface area contributed by atoms with Crippen molar-refractivity contribution in [1.82, 2.24) is 9.55 Å². The van der Waals surface area contributed by atoms with E-state index >= 15 is 0 Å². The lowest BCUT2D eigenvalue weighted by molar-refractivity contribution is -0.255. The molecule has 0 saturated heterocycles. The number of nitrogens with zero attached hydrogens (tertiary/aromatic N) is 2. The number of thioether (sulfide) groups is 1. The normalized spacial score (nSPS) is 13.3.